The highest BCUT2D eigenvalue weighted by atomic mass is 16.4. The molecule has 0 rings (SSSR count). The molecule has 1 unspecified atom stereocenters. The molecule has 0 saturated heterocycles. The van der Waals surface area contributed by atoms with Gasteiger partial charge in [-0.3, -0.25) is 14.4 Å². The quantitative estimate of drug-likeness (QED) is 0.346. The summed E-state index contributed by atoms with van der Waals surface area (Å²) < 4.78 is 0. The zero-order valence-electron chi connectivity index (χ0n) is 10.3. The van der Waals surface area contributed by atoms with Gasteiger partial charge in [0.15, 0.2) is 0 Å². The molecule has 0 fully saturated rings. The Morgan fingerprint density at radius 2 is 1.67 bits per heavy atom. The number of carboxylic acid groups (broad SMARTS) is 1. The third kappa shape index (κ3) is 14.1. The molecule has 0 bridgehead atoms. The second-order valence-electron chi connectivity index (χ2n) is 3.24. The molecule has 18 heavy (non-hydrogen) atoms. The first kappa shape index (κ1) is 21.4. The fourth-order valence-electron chi connectivity index (χ4n) is 1.02. The highest BCUT2D eigenvalue weighted by Crippen LogP contribution is 2.15. The van der Waals surface area contributed by atoms with Crippen LogP contribution in [0.5, 0.6) is 0 Å². The number of carbonyl (C=O) groups excluding carboxylic acids is 2. The number of aliphatic carboxylic acids is 1. The van der Waals surface area contributed by atoms with E-state index in [0.717, 1.165) is 12.8 Å². The molecule has 0 aromatic rings. The van der Waals surface area contributed by atoms with E-state index in [1.807, 2.05) is 0 Å². The number of nitrogens with zero attached hydrogens (tertiary/aromatic N) is 2. The molecule has 0 amide bonds. The zero-order chi connectivity index (χ0) is 15.0. The number of hydrogen-bond acceptors (Lipinski definition) is 5. The van der Waals surface area contributed by atoms with Gasteiger partial charge in [-0.25, -0.2) is 0 Å². The smallest absolute Gasteiger partial charge is 0.323 e. The summed E-state index contributed by atoms with van der Waals surface area (Å²) >= 11 is 0. The van der Waals surface area contributed by atoms with Crippen molar-refractivity contribution in [3.05, 3.63) is 10.8 Å². The Balaban J connectivity index is -0.000000315. The van der Waals surface area contributed by atoms with E-state index in [1.165, 1.54) is 0 Å². The van der Waals surface area contributed by atoms with Crippen molar-refractivity contribution in [2.75, 3.05) is 6.54 Å². The molecule has 0 aromatic heterocycles. The predicted molar refractivity (Wildman–Crippen MR) is 65.9 cm³/mol. The van der Waals surface area contributed by atoms with Crippen LogP contribution >= 0.6 is 0 Å². The van der Waals surface area contributed by atoms with E-state index in [0.29, 0.717) is 31.5 Å². The minimum Gasteiger partial charge on any atom is -0.724 e. The Kier molecular flexibility index (Phi) is 18.0. The summed E-state index contributed by atoms with van der Waals surface area (Å²) in [5, 5.41) is 22.3. The van der Waals surface area contributed by atoms with Gasteiger partial charge in [0.2, 0.25) is 0 Å². The van der Waals surface area contributed by atoms with E-state index in [2.05, 4.69) is 0 Å². The standard InChI is InChI=1S/C8H18N2O2.2CNO/c1-2-8(10,7(11)12)5-3-4-6-9;2*2-1-3/h2-6,9-10H2,1H3,(H,11,12);;/q;2*-1. The third-order valence-electron chi connectivity index (χ3n) is 2.13. The van der Waals surface area contributed by atoms with Gasteiger partial charge in [0, 0.05) is 0 Å². The average Bonchev–Trinajstić information content (AvgIpc) is 2.31. The van der Waals surface area contributed by atoms with E-state index in [9.17, 15) is 4.79 Å². The van der Waals surface area contributed by atoms with Crippen LogP contribution in [0, 0.1) is 0 Å². The molecule has 1 atom stereocenters. The molecule has 8 nitrogen and oxygen atoms in total. The largest absolute Gasteiger partial charge is 0.724 e. The molecule has 0 radical (unpaired) electrons. The van der Waals surface area contributed by atoms with Gasteiger partial charge in [0.05, 0.1) is 0 Å². The van der Waals surface area contributed by atoms with Gasteiger partial charge < -0.3 is 27.4 Å². The van der Waals surface area contributed by atoms with Gasteiger partial charge >= 0.3 is 5.97 Å². The van der Waals surface area contributed by atoms with Crippen LogP contribution in [0.3, 0.4) is 0 Å². The maximum atomic E-state index is 10.7. The third-order valence-corrected chi connectivity index (χ3v) is 2.13. The van der Waals surface area contributed by atoms with E-state index in [-0.39, 0.29) is 0 Å². The second kappa shape index (κ2) is 15.1. The van der Waals surface area contributed by atoms with E-state index >= 15 is 0 Å². The van der Waals surface area contributed by atoms with Gasteiger partial charge in [0.25, 0.3) is 0 Å². The molecule has 8 heteroatoms. The molecule has 0 aliphatic rings. The van der Waals surface area contributed by atoms with Crippen molar-refractivity contribution < 1.29 is 19.5 Å². The van der Waals surface area contributed by atoms with Gasteiger partial charge in [-0.2, -0.15) is 0 Å². The maximum absolute atomic E-state index is 10.7. The summed E-state index contributed by atoms with van der Waals surface area (Å²) in [7, 11) is 0. The zero-order valence-corrected chi connectivity index (χ0v) is 10.3. The molecular weight excluding hydrogens is 240 g/mol. The lowest BCUT2D eigenvalue weighted by Gasteiger charge is -2.22. The normalized spacial score (nSPS) is 11.3. The van der Waals surface area contributed by atoms with Crippen LogP contribution in [0.25, 0.3) is 10.8 Å². The summed E-state index contributed by atoms with van der Waals surface area (Å²) in [5.41, 5.74) is 9.88. The van der Waals surface area contributed by atoms with Crippen molar-refractivity contribution in [3.8, 4) is 0 Å². The first-order chi connectivity index (χ1) is 8.39. The number of isocyanates is 2. The van der Waals surface area contributed by atoms with Crippen LogP contribution in [0.4, 0.5) is 0 Å². The van der Waals surface area contributed by atoms with E-state index in [4.69, 9.17) is 37.0 Å². The number of carbonyl (C=O) groups is 1. The summed E-state index contributed by atoms with van der Waals surface area (Å²) in [6, 6.07) is 0. The first-order valence-corrected chi connectivity index (χ1v) is 5.14. The lowest BCUT2D eigenvalue weighted by atomic mass is 9.91. The fraction of sp³-hybridized carbons (Fsp3) is 0.700. The Bertz CT molecular complexity index is 272. The number of rotatable bonds is 6. The number of carboxylic acids is 1. The van der Waals surface area contributed by atoms with E-state index < -0.39 is 11.5 Å². The van der Waals surface area contributed by atoms with Crippen LogP contribution in [-0.4, -0.2) is 35.3 Å². The average molecular weight is 258 g/mol. The Morgan fingerprint density at radius 1 is 1.28 bits per heavy atom. The molecule has 0 spiro atoms. The molecule has 0 saturated carbocycles. The van der Waals surface area contributed by atoms with Gasteiger partial charge in [-0.05, 0) is 44.4 Å². The van der Waals surface area contributed by atoms with Crippen molar-refractivity contribution >= 4 is 18.1 Å². The summed E-state index contributed by atoms with van der Waals surface area (Å²) in [4.78, 5) is 27.2. The summed E-state index contributed by atoms with van der Waals surface area (Å²) in [6.45, 7) is 2.38. The number of nitrogens with two attached hydrogens (primary N) is 2. The van der Waals surface area contributed by atoms with E-state index in [1.54, 1.807) is 6.92 Å². The molecular formula is C10H18N4O4-2. The minimum atomic E-state index is -1.05. The van der Waals surface area contributed by atoms with Gasteiger partial charge in [0.1, 0.15) is 5.54 Å². The highest BCUT2D eigenvalue weighted by Gasteiger charge is 2.30. The second-order valence-corrected chi connectivity index (χ2v) is 3.24. The summed E-state index contributed by atoms with van der Waals surface area (Å²) in [5.74, 6) is -0.915. The Hall–Kier alpha value is -1.85. The lowest BCUT2D eigenvalue weighted by Crippen LogP contribution is -2.47. The van der Waals surface area contributed by atoms with Crippen molar-refractivity contribution in [2.24, 2.45) is 11.5 Å². The van der Waals surface area contributed by atoms with Crippen LogP contribution in [0.1, 0.15) is 32.6 Å². The van der Waals surface area contributed by atoms with Crippen molar-refractivity contribution in [1.82, 2.24) is 0 Å². The fourth-order valence-corrected chi connectivity index (χ4v) is 1.02. The molecule has 0 aliphatic heterocycles. The maximum Gasteiger partial charge on any atom is 0.323 e. The van der Waals surface area contributed by atoms with Crippen LogP contribution in [-0.2, 0) is 14.4 Å². The van der Waals surface area contributed by atoms with Crippen LogP contribution in [0.15, 0.2) is 0 Å². The highest BCUT2D eigenvalue weighted by molar-refractivity contribution is 5.78. The monoisotopic (exact) mass is 258 g/mol. The lowest BCUT2D eigenvalue weighted by molar-refractivity contribution is -0.143. The number of hydrogen-bond donors (Lipinski definition) is 3. The molecule has 0 heterocycles. The SMILES string of the molecule is CCC(N)(CCCCN)C(=O)O.[N-]=C=O.[N-]=C=O. The van der Waals surface area contributed by atoms with Crippen LogP contribution in [0.2, 0.25) is 0 Å². The van der Waals surface area contributed by atoms with Crippen LogP contribution < -0.4 is 11.5 Å². The predicted octanol–water partition coefficient (Wildman–Crippen LogP) is 0.0907. The molecule has 104 valence electrons. The molecule has 5 N–H and O–H groups in total. The van der Waals surface area contributed by atoms with Gasteiger partial charge in [-0.1, -0.05) is 6.92 Å². The van der Waals surface area contributed by atoms with Gasteiger partial charge in [-0.15, -0.1) is 0 Å². The topological polar surface area (TPSA) is 168 Å². The van der Waals surface area contributed by atoms with Crippen molar-refractivity contribution in [2.45, 2.75) is 38.1 Å². The van der Waals surface area contributed by atoms with Crippen molar-refractivity contribution in [1.29, 1.82) is 0 Å². The molecule has 0 aromatic carbocycles. The minimum absolute atomic E-state index is 0.465. The molecule has 0 aliphatic carbocycles. The summed E-state index contributed by atoms with van der Waals surface area (Å²) in [6.07, 6.45) is 3.60. The number of unbranched alkanes of at least 4 members (excludes halogenated alkanes) is 1. The van der Waals surface area contributed by atoms with Crippen molar-refractivity contribution in [3.63, 3.8) is 0 Å². The first-order valence-electron chi connectivity index (χ1n) is 5.14. The Labute approximate surface area is 105 Å². The Morgan fingerprint density at radius 3 is 1.89 bits per heavy atom.